The van der Waals surface area contributed by atoms with Gasteiger partial charge in [0, 0.05) is 37.8 Å². The van der Waals surface area contributed by atoms with Crippen molar-refractivity contribution in [3.05, 3.63) is 0 Å². The first-order valence-electron chi connectivity index (χ1n) is 9.63. The fraction of sp³-hybridized carbons (Fsp3) is 0.842. The van der Waals surface area contributed by atoms with Crippen molar-refractivity contribution in [2.75, 3.05) is 33.0 Å². The second kappa shape index (κ2) is 12.8. The van der Waals surface area contributed by atoms with Gasteiger partial charge in [0.25, 0.3) is 0 Å². The second-order valence-corrected chi connectivity index (χ2v) is 7.13. The predicted molar refractivity (Wildman–Crippen MR) is 98.7 cm³/mol. The number of carbonyl (C=O) groups is 3. The fourth-order valence-corrected chi connectivity index (χ4v) is 3.08. The molecule has 1 aliphatic rings. The molecule has 0 aromatic rings. The summed E-state index contributed by atoms with van der Waals surface area (Å²) in [5.74, 6) is 0.531. The van der Waals surface area contributed by atoms with Gasteiger partial charge in [-0.15, -0.1) is 0 Å². The number of ether oxygens (including phenoxy) is 2. The smallest absolute Gasteiger partial charge is 0.222 e. The van der Waals surface area contributed by atoms with Crippen molar-refractivity contribution >= 4 is 17.6 Å². The van der Waals surface area contributed by atoms with Gasteiger partial charge >= 0.3 is 0 Å². The van der Waals surface area contributed by atoms with E-state index >= 15 is 0 Å². The molecule has 0 radical (unpaired) electrons. The minimum atomic E-state index is -0.0733. The van der Waals surface area contributed by atoms with E-state index in [0.29, 0.717) is 45.2 Å². The first-order valence-corrected chi connectivity index (χ1v) is 9.63. The van der Waals surface area contributed by atoms with Gasteiger partial charge in [0.05, 0.1) is 26.4 Å². The van der Waals surface area contributed by atoms with E-state index in [1.807, 2.05) is 13.8 Å². The molecule has 1 saturated carbocycles. The van der Waals surface area contributed by atoms with E-state index in [4.69, 9.17) is 9.47 Å². The Hall–Kier alpha value is -1.47. The van der Waals surface area contributed by atoms with Crippen molar-refractivity contribution in [2.24, 2.45) is 11.8 Å². The third kappa shape index (κ3) is 9.87. The van der Waals surface area contributed by atoms with Crippen molar-refractivity contribution in [3.63, 3.8) is 0 Å². The van der Waals surface area contributed by atoms with Crippen LogP contribution in [-0.2, 0) is 23.9 Å². The zero-order chi connectivity index (χ0) is 19.4. The molecular weight excluding hydrogens is 336 g/mol. The molecule has 1 fully saturated rings. The summed E-state index contributed by atoms with van der Waals surface area (Å²) in [4.78, 5) is 34.6. The van der Waals surface area contributed by atoms with Crippen LogP contribution in [0.1, 0.15) is 52.9 Å². The summed E-state index contributed by atoms with van der Waals surface area (Å²) >= 11 is 0. The molecule has 7 nitrogen and oxygen atoms in total. The number of nitrogens with one attached hydrogen (secondary N) is 2. The lowest BCUT2D eigenvalue weighted by Crippen LogP contribution is -2.39. The maximum absolute atomic E-state index is 12.0. The number of Topliss-reactive ketones (excluding diaryl/α,β-unsaturated/α-hetero) is 1. The molecule has 150 valence electrons. The van der Waals surface area contributed by atoms with Gasteiger partial charge in [-0.2, -0.15) is 0 Å². The molecule has 0 aliphatic heterocycles. The van der Waals surface area contributed by atoms with Gasteiger partial charge in [-0.1, -0.05) is 13.8 Å². The number of hydrogen-bond acceptors (Lipinski definition) is 5. The first-order chi connectivity index (χ1) is 12.4. The molecule has 2 amide bonds. The average molecular weight is 370 g/mol. The highest BCUT2D eigenvalue weighted by Crippen LogP contribution is 2.27. The summed E-state index contributed by atoms with van der Waals surface area (Å²) < 4.78 is 10.7. The monoisotopic (exact) mass is 370 g/mol. The highest BCUT2D eigenvalue weighted by Gasteiger charge is 2.28. The molecular formula is C19H34N2O5. The summed E-state index contributed by atoms with van der Waals surface area (Å²) in [6.07, 6.45) is 3.81. The lowest BCUT2D eigenvalue weighted by molar-refractivity contribution is -0.127. The fourth-order valence-electron chi connectivity index (χ4n) is 3.08. The summed E-state index contributed by atoms with van der Waals surface area (Å²) in [5, 5.41) is 5.67. The van der Waals surface area contributed by atoms with E-state index in [9.17, 15) is 14.4 Å². The molecule has 0 aromatic heterocycles. The molecule has 0 saturated heterocycles. The van der Waals surface area contributed by atoms with Crippen LogP contribution in [0.2, 0.25) is 0 Å². The maximum Gasteiger partial charge on any atom is 0.222 e. The van der Waals surface area contributed by atoms with E-state index in [1.165, 1.54) is 6.92 Å². The number of amides is 2. The van der Waals surface area contributed by atoms with E-state index in [2.05, 4.69) is 10.6 Å². The summed E-state index contributed by atoms with van der Waals surface area (Å²) in [6, 6.07) is 0.177. The van der Waals surface area contributed by atoms with Crippen molar-refractivity contribution in [3.8, 4) is 0 Å². The molecule has 0 atom stereocenters. The van der Waals surface area contributed by atoms with E-state index < -0.39 is 0 Å². The lowest BCUT2D eigenvalue weighted by Gasteiger charge is -2.29. The Morgan fingerprint density at radius 2 is 1.58 bits per heavy atom. The van der Waals surface area contributed by atoms with Crippen LogP contribution in [0.3, 0.4) is 0 Å². The number of carbonyl (C=O) groups excluding carboxylic acids is 3. The SMILES string of the molecule is CC(=O)NCCOCCOCCC(=O)NC1CCC(C(=O)C(C)C)CC1. The molecule has 2 N–H and O–H groups in total. The highest BCUT2D eigenvalue weighted by atomic mass is 16.5. The summed E-state index contributed by atoms with van der Waals surface area (Å²) in [7, 11) is 0. The van der Waals surface area contributed by atoms with Crippen LogP contribution in [0.15, 0.2) is 0 Å². The average Bonchev–Trinajstić information content (AvgIpc) is 2.60. The maximum atomic E-state index is 12.0. The normalized spacial score (nSPS) is 20.0. The zero-order valence-corrected chi connectivity index (χ0v) is 16.3. The van der Waals surface area contributed by atoms with Crippen molar-refractivity contribution in [1.82, 2.24) is 10.6 Å². The number of ketones is 1. The Morgan fingerprint density at radius 3 is 2.15 bits per heavy atom. The molecule has 0 heterocycles. The van der Waals surface area contributed by atoms with E-state index in [1.54, 1.807) is 0 Å². The minimum Gasteiger partial charge on any atom is -0.379 e. The molecule has 0 aromatic carbocycles. The molecule has 0 spiro atoms. The second-order valence-electron chi connectivity index (χ2n) is 7.13. The third-order valence-corrected chi connectivity index (χ3v) is 4.53. The van der Waals surface area contributed by atoms with Crippen molar-refractivity contribution in [1.29, 1.82) is 0 Å². The van der Waals surface area contributed by atoms with Crippen molar-refractivity contribution < 1.29 is 23.9 Å². The standard InChI is InChI=1S/C19H34N2O5/c1-14(2)19(24)16-4-6-17(7-5-16)21-18(23)8-10-25-12-13-26-11-9-20-15(3)22/h14,16-17H,4-13H2,1-3H3,(H,20,22)(H,21,23). The van der Waals surface area contributed by atoms with Crippen molar-refractivity contribution in [2.45, 2.75) is 58.9 Å². The van der Waals surface area contributed by atoms with Crippen LogP contribution >= 0.6 is 0 Å². The Bertz CT molecular complexity index is 445. The molecule has 0 unspecified atom stereocenters. The summed E-state index contributed by atoms with van der Waals surface area (Å²) in [6.45, 7) is 7.53. The lowest BCUT2D eigenvalue weighted by atomic mass is 9.80. The number of rotatable bonds is 12. The van der Waals surface area contributed by atoms with Crippen LogP contribution in [-0.4, -0.2) is 56.6 Å². The molecule has 1 aliphatic carbocycles. The predicted octanol–water partition coefficient (Wildman–Crippen LogP) is 1.45. The van der Waals surface area contributed by atoms with E-state index in [-0.39, 0.29) is 29.7 Å². The number of hydrogen-bond donors (Lipinski definition) is 2. The highest BCUT2D eigenvalue weighted by molar-refractivity contribution is 5.83. The molecule has 0 bridgehead atoms. The molecule has 7 heteroatoms. The van der Waals surface area contributed by atoms with Gasteiger partial charge in [-0.3, -0.25) is 14.4 Å². The largest absolute Gasteiger partial charge is 0.379 e. The van der Waals surface area contributed by atoms with Crippen LogP contribution in [0.5, 0.6) is 0 Å². The Kier molecular flexibility index (Phi) is 11.1. The Morgan fingerprint density at radius 1 is 0.962 bits per heavy atom. The quantitative estimate of drug-likeness (QED) is 0.507. The molecule has 1 rings (SSSR count). The van der Waals surface area contributed by atoms with Gasteiger partial charge in [0.2, 0.25) is 11.8 Å². The van der Waals surface area contributed by atoms with Gasteiger partial charge < -0.3 is 20.1 Å². The van der Waals surface area contributed by atoms with E-state index in [0.717, 1.165) is 25.7 Å². The van der Waals surface area contributed by atoms with Gasteiger partial charge in [-0.25, -0.2) is 0 Å². The Balaban J connectivity index is 1.99. The van der Waals surface area contributed by atoms with Gasteiger partial charge in [-0.05, 0) is 25.7 Å². The first kappa shape index (κ1) is 22.6. The third-order valence-electron chi connectivity index (χ3n) is 4.53. The molecule has 26 heavy (non-hydrogen) atoms. The van der Waals surface area contributed by atoms with Crippen LogP contribution in [0.25, 0.3) is 0 Å². The topological polar surface area (TPSA) is 93.7 Å². The zero-order valence-electron chi connectivity index (χ0n) is 16.3. The van der Waals surface area contributed by atoms with Crippen LogP contribution in [0, 0.1) is 11.8 Å². The summed E-state index contributed by atoms with van der Waals surface area (Å²) in [5.41, 5.74) is 0. The minimum absolute atomic E-state index is 0.00443. The van der Waals surface area contributed by atoms with Crippen LogP contribution in [0.4, 0.5) is 0 Å². The Labute approximate surface area is 156 Å². The van der Waals surface area contributed by atoms with Gasteiger partial charge in [0.15, 0.2) is 0 Å². The van der Waals surface area contributed by atoms with Gasteiger partial charge in [0.1, 0.15) is 5.78 Å². The van der Waals surface area contributed by atoms with Crippen LogP contribution < -0.4 is 10.6 Å².